The van der Waals surface area contributed by atoms with Gasteiger partial charge >= 0.3 is 23.9 Å². The number of aliphatic hydroxyl groups is 3. The quantitative estimate of drug-likeness (QED) is 0.0711. The molecule has 16 nitrogen and oxygen atoms in total. The Hall–Kier alpha value is -5.20. The second-order valence-corrected chi connectivity index (χ2v) is 19.8. The lowest BCUT2D eigenvalue weighted by Gasteiger charge is -2.67. The molecule has 3 aromatic rings. The van der Waals surface area contributed by atoms with Crippen molar-refractivity contribution in [1.29, 1.82) is 0 Å². The van der Waals surface area contributed by atoms with Crippen LogP contribution >= 0.6 is 23.2 Å². The van der Waals surface area contributed by atoms with E-state index in [2.05, 4.69) is 10.2 Å². The van der Waals surface area contributed by atoms with Crippen LogP contribution in [-0.2, 0) is 42.9 Å². The van der Waals surface area contributed by atoms with E-state index in [1.54, 1.807) is 92.7 Å². The van der Waals surface area contributed by atoms with Crippen LogP contribution in [0.25, 0.3) is 0 Å². The summed E-state index contributed by atoms with van der Waals surface area (Å²) in [6, 6.07) is 22.9. The first kappa shape index (κ1) is 54.1. The van der Waals surface area contributed by atoms with Crippen molar-refractivity contribution in [2.75, 3.05) is 38.5 Å². The minimum absolute atomic E-state index is 0.00289. The summed E-state index contributed by atoms with van der Waals surface area (Å²) in [5.74, 6) is -5.47. The van der Waals surface area contributed by atoms with Gasteiger partial charge in [0.2, 0.25) is 0 Å². The fourth-order valence-electron chi connectivity index (χ4n) is 10.6. The van der Waals surface area contributed by atoms with Gasteiger partial charge in [0.1, 0.15) is 23.9 Å². The van der Waals surface area contributed by atoms with E-state index in [4.69, 9.17) is 46.9 Å². The number of fused-ring (bicyclic) bond motifs is 5. The zero-order valence-corrected chi connectivity index (χ0v) is 41.8. The van der Waals surface area contributed by atoms with Crippen LogP contribution in [0.5, 0.6) is 0 Å². The third-order valence-corrected chi connectivity index (χ3v) is 14.8. The highest BCUT2D eigenvalue weighted by atomic mass is 35.5. The minimum Gasteiger partial charge on any atom is -0.456 e. The molecule has 70 heavy (non-hydrogen) atoms. The summed E-state index contributed by atoms with van der Waals surface area (Å²) in [5.41, 5.74) is -7.02. The Morgan fingerprint density at radius 2 is 1.40 bits per heavy atom. The van der Waals surface area contributed by atoms with Gasteiger partial charge < -0.3 is 49.2 Å². The number of rotatable bonds is 14. The van der Waals surface area contributed by atoms with E-state index >= 15 is 4.79 Å². The Balaban J connectivity index is 0.000000923. The monoisotopic (exact) mass is 1010 g/mol. The number of Topliss-reactive ketones (excluding diaryl/α,β-unsaturated/α-hetero) is 1. The number of amides is 1. The predicted molar refractivity (Wildman–Crippen MR) is 257 cm³/mol. The van der Waals surface area contributed by atoms with Crippen LogP contribution in [-0.4, -0.2) is 142 Å². The lowest BCUT2D eigenvalue weighted by atomic mass is 9.44. The van der Waals surface area contributed by atoms with Crippen molar-refractivity contribution in [3.63, 3.8) is 0 Å². The summed E-state index contributed by atoms with van der Waals surface area (Å²) in [6.45, 7) is 9.82. The molecule has 2 bridgehead atoms. The highest BCUT2D eigenvalue weighted by molar-refractivity contribution is 6.18. The van der Waals surface area contributed by atoms with Gasteiger partial charge in [0.15, 0.2) is 23.6 Å². The van der Waals surface area contributed by atoms with Crippen LogP contribution in [0.3, 0.4) is 0 Å². The molecule has 0 unspecified atom stereocenters. The molecule has 4 N–H and O–H groups in total. The number of aliphatic hydroxyl groups excluding tert-OH is 2. The number of ketones is 1. The Morgan fingerprint density at radius 3 is 1.91 bits per heavy atom. The van der Waals surface area contributed by atoms with Crippen LogP contribution in [0.1, 0.15) is 86.7 Å². The minimum atomic E-state index is -2.39. The summed E-state index contributed by atoms with van der Waals surface area (Å²) >= 11 is 10.9. The molecule has 3 fully saturated rings. The number of hydrogen-bond donors (Lipinski definition) is 4. The first-order chi connectivity index (χ1) is 33.1. The summed E-state index contributed by atoms with van der Waals surface area (Å²) in [6.07, 6.45) is -10.5. The Kier molecular flexibility index (Phi) is 17.1. The van der Waals surface area contributed by atoms with Crippen molar-refractivity contribution >= 4 is 58.8 Å². The molecule has 18 heteroatoms. The number of alkyl halides is 2. The van der Waals surface area contributed by atoms with Gasteiger partial charge in [-0.3, -0.25) is 19.2 Å². The molecular formula is C52H62Cl2N2O14. The van der Waals surface area contributed by atoms with Gasteiger partial charge in [-0.05, 0) is 61.9 Å². The molecule has 3 aromatic carbocycles. The number of benzene rings is 3. The summed E-state index contributed by atoms with van der Waals surface area (Å²) in [4.78, 5) is 85.6. The smallest absolute Gasteiger partial charge is 0.338 e. The van der Waals surface area contributed by atoms with Gasteiger partial charge in [-0.15, -0.1) is 23.2 Å². The number of esters is 4. The molecule has 3 aliphatic carbocycles. The summed E-state index contributed by atoms with van der Waals surface area (Å²) in [5, 5.41) is 40.2. The van der Waals surface area contributed by atoms with E-state index < -0.39 is 113 Å². The van der Waals surface area contributed by atoms with Gasteiger partial charge in [0, 0.05) is 62.5 Å². The van der Waals surface area contributed by atoms with Gasteiger partial charge in [-0.25, -0.2) is 9.59 Å². The van der Waals surface area contributed by atoms with Gasteiger partial charge in [-0.2, -0.15) is 0 Å². The SMILES string of the molecule is CC(=O)O[C@H]1C(=O)[C@@]2(C)[C@H]([C@H](OC(=O)c3ccccc3)[C@]3(O)C[C@H](OC(=O)[C@H](O)[C@@H](NC(=O)c4ccccc4)c4ccccc4)C(C)=C1C3(C)C)[C@]1(OC(C)=O)CO[C@@H]1C[C@@H]2O.CN(CCCl)CCCl. The maximum Gasteiger partial charge on any atom is 0.338 e. The molecule has 2 saturated carbocycles. The lowest BCUT2D eigenvalue weighted by molar-refractivity contribution is -0.346. The van der Waals surface area contributed by atoms with Gasteiger partial charge in [0.25, 0.3) is 5.91 Å². The number of carbonyl (C=O) groups excluding carboxylic acids is 6. The summed E-state index contributed by atoms with van der Waals surface area (Å²) < 4.78 is 30.3. The van der Waals surface area contributed by atoms with E-state index in [-0.39, 0.29) is 35.3 Å². The zero-order valence-electron chi connectivity index (χ0n) is 40.3. The molecule has 0 radical (unpaired) electrons. The third kappa shape index (κ3) is 10.4. The van der Waals surface area contributed by atoms with Crippen LogP contribution < -0.4 is 5.32 Å². The molecule has 378 valence electrons. The topological polar surface area (TPSA) is 225 Å². The molecule has 7 rings (SSSR count). The van der Waals surface area contributed by atoms with Crippen LogP contribution in [0.15, 0.2) is 102 Å². The highest BCUT2D eigenvalue weighted by Gasteiger charge is 2.78. The van der Waals surface area contributed by atoms with Gasteiger partial charge in [-0.1, -0.05) is 80.6 Å². The van der Waals surface area contributed by atoms with Crippen LogP contribution in [0.2, 0.25) is 0 Å². The number of hydrogen-bond acceptors (Lipinski definition) is 15. The molecule has 0 spiro atoms. The second kappa shape index (κ2) is 22.1. The number of carbonyl (C=O) groups is 6. The fourth-order valence-corrected chi connectivity index (χ4v) is 11.2. The first-order valence-corrected chi connectivity index (χ1v) is 24.2. The van der Waals surface area contributed by atoms with E-state index in [0.29, 0.717) is 17.3 Å². The highest BCUT2D eigenvalue weighted by Crippen LogP contribution is 2.64. The molecule has 1 aliphatic heterocycles. The number of nitrogens with one attached hydrogen (secondary N) is 1. The molecule has 11 atom stereocenters. The van der Waals surface area contributed by atoms with Crippen molar-refractivity contribution in [3.05, 3.63) is 119 Å². The largest absolute Gasteiger partial charge is 0.456 e. The van der Waals surface area contributed by atoms with Crippen molar-refractivity contribution in [2.24, 2.45) is 16.7 Å². The molecule has 1 saturated heterocycles. The van der Waals surface area contributed by atoms with Gasteiger partial charge in [0.05, 0.1) is 35.6 Å². The fraction of sp³-hybridized carbons (Fsp3) is 0.500. The second-order valence-electron chi connectivity index (χ2n) is 19.0. The Morgan fingerprint density at radius 1 is 0.843 bits per heavy atom. The van der Waals surface area contributed by atoms with Crippen LogP contribution in [0, 0.1) is 16.7 Å². The van der Waals surface area contributed by atoms with Crippen LogP contribution in [0.4, 0.5) is 0 Å². The van der Waals surface area contributed by atoms with Crippen molar-refractivity contribution < 1.29 is 67.8 Å². The third-order valence-electron chi connectivity index (χ3n) is 14.4. The first-order valence-electron chi connectivity index (χ1n) is 23.1. The number of nitrogens with zero attached hydrogens (tertiary/aromatic N) is 1. The average Bonchev–Trinajstić information content (AvgIpc) is 3.32. The van der Waals surface area contributed by atoms with E-state index in [0.717, 1.165) is 26.9 Å². The number of halogens is 2. The average molecular weight is 1010 g/mol. The maximum atomic E-state index is 15.5. The molecule has 1 amide bonds. The molecule has 0 aromatic heterocycles. The molecule has 4 aliphatic rings. The van der Waals surface area contributed by atoms with E-state index in [1.165, 1.54) is 26.0 Å². The zero-order chi connectivity index (χ0) is 51.3. The Labute approximate surface area is 417 Å². The van der Waals surface area contributed by atoms with E-state index in [9.17, 15) is 39.3 Å². The van der Waals surface area contributed by atoms with Crippen molar-refractivity contribution in [2.45, 2.75) is 108 Å². The van der Waals surface area contributed by atoms with E-state index in [1.807, 2.05) is 7.05 Å². The predicted octanol–water partition coefficient (Wildman–Crippen LogP) is 5.13. The van der Waals surface area contributed by atoms with Crippen molar-refractivity contribution in [1.82, 2.24) is 10.2 Å². The van der Waals surface area contributed by atoms with Crippen molar-refractivity contribution in [3.8, 4) is 0 Å². The molecular weight excluding hydrogens is 947 g/mol. The summed E-state index contributed by atoms with van der Waals surface area (Å²) in [7, 11) is 2.00. The Bertz CT molecular complexity index is 2420. The standard InChI is InChI=1S/C47H51NO14.C5H11Cl2N/c1-25-31(60-43(56)36(52)35(28-16-10-7-11-17-28)48-41(54)29-18-12-8-13-19-29)23-47(57)40(61-42(55)30-20-14-9-15-21-30)38-45(6,32(51)22-33-46(38,24-58-33)62-27(3)50)39(53)37(59-26(2)49)34(25)44(47,4)5;1-8(4-2-6)5-3-7/h7-21,31-33,35-38,40,51-52,57H,22-24H2,1-6H3,(H,48,54);2-5H2,1H3/t31-,32-,33+,35-,36+,37+,38-,40-,45+,46-,47+;/m0./s1. The maximum absolute atomic E-state index is 15.5. The normalized spacial score (nSPS) is 29.4. The number of ether oxygens (including phenoxy) is 5. The lowest BCUT2D eigenvalue weighted by Crippen LogP contribution is -2.82. The molecule has 1 heterocycles.